The van der Waals surface area contributed by atoms with Gasteiger partial charge < -0.3 is 9.47 Å². The molecule has 3 aromatic rings. The molecule has 2 aromatic carbocycles. The summed E-state index contributed by atoms with van der Waals surface area (Å²) >= 11 is 0. The van der Waals surface area contributed by atoms with E-state index < -0.39 is 0 Å². The number of hydrogen-bond donors (Lipinski definition) is 0. The van der Waals surface area contributed by atoms with Crippen molar-refractivity contribution >= 4 is 11.8 Å². The van der Waals surface area contributed by atoms with Crippen molar-refractivity contribution in [1.29, 1.82) is 0 Å². The number of amides is 2. The van der Waals surface area contributed by atoms with Gasteiger partial charge >= 0.3 is 0 Å². The minimum atomic E-state index is -0.343. The number of methoxy groups -OCH3 is 1. The maximum Gasteiger partial charge on any atom is 0.262 e. The Balaban J connectivity index is 1.61. The zero-order chi connectivity index (χ0) is 18.8. The molecule has 1 aromatic heterocycles. The number of hydrogen-bond acceptors (Lipinski definition) is 5. The summed E-state index contributed by atoms with van der Waals surface area (Å²) in [4.78, 5) is 30.6. The van der Waals surface area contributed by atoms with Crippen molar-refractivity contribution in [2.24, 2.45) is 0 Å². The first-order valence-corrected chi connectivity index (χ1v) is 8.37. The van der Waals surface area contributed by atoms with Crippen LogP contribution in [-0.2, 0) is 6.54 Å². The van der Waals surface area contributed by atoms with Gasteiger partial charge in [0.15, 0.2) is 11.5 Å². The number of carbonyl (C=O) groups is 2. The summed E-state index contributed by atoms with van der Waals surface area (Å²) in [6.45, 7) is 0.183. The zero-order valence-corrected chi connectivity index (χ0v) is 14.6. The largest absolute Gasteiger partial charge is 0.493 e. The topological polar surface area (TPSA) is 68.7 Å². The molecule has 6 nitrogen and oxygen atoms in total. The van der Waals surface area contributed by atoms with Gasteiger partial charge in [-0.1, -0.05) is 18.2 Å². The first-order valence-electron chi connectivity index (χ1n) is 8.37. The van der Waals surface area contributed by atoms with Gasteiger partial charge in [0.25, 0.3) is 11.8 Å². The van der Waals surface area contributed by atoms with Crippen LogP contribution < -0.4 is 9.47 Å². The molecule has 0 bridgehead atoms. The highest BCUT2D eigenvalue weighted by atomic mass is 16.5. The molecule has 0 atom stereocenters. The summed E-state index contributed by atoms with van der Waals surface area (Å²) in [6, 6.07) is 15.7. The maximum atomic E-state index is 12.7. The van der Waals surface area contributed by atoms with E-state index in [1.54, 1.807) is 55.9 Å². The van der Waals surface area contributed by atoms with Gasteiger partial charge in [0.05, 0.1) is 24.8 Å². The number of pyridine rings is 1. The molecular formula is C21H16N2O4. The Morgan fingerprint density at radius 3 is 2.44 bits per heavy atom. The van der Waals surface area contributed by atoms with E-state index in [1.165, 1.54) is 4.90 Å². The van der Waals surface area contributed by atoms with Crippen LogP contribution in [0.1, 0.15) is 26.3 Å². The van der Waals surface area contributed by atoms with Crippen molar-refractivity contribution in [3.05, 3.63) is 83.7 Å². The van der Waals surface area contributed by atoms with Crippen LogP contribution in [0.15, 0.2) is 67.0 Å². The molecule has 0 aliphatic carbocycles. The van der Waals surface area contributed by atoms with Crippen LogP contribution in [0.5, 0.6) is 17.2 Å². The van der Waals surface area contributed by atoms with Crippen LogP contribution in [0.4, 0.5) is 0 Å². The van der Waals surface area contributed by atoms with Gasteiger partial charge in [0.1, 0.15) is 5.75 Å². The predicted octanol–water partition coefficient (Wildman–Crippen LogP) is 3.68. The van der Waals surface area contributed by atoms with E-state index in [1.807, 2.05) is 18.2 Å². The molecule has 0 spiro atoms. The number of nitrogens with zero attached hydrogens (tertiary/aromatic N) is 2. The number of benzene rings is 2. The van der Waals surface area contributed by atoms with E-state index in [2.05, 4.69) is 4.98 Å². The van der Waals surface area contributed by atoms with E-state index >= 15 is 0 Å². The van der Waals surface area contributed by atoms with Crippen LogP contribution in [0.25, 0.3) is 0 Å². The first kappa shape index (κ1) is 16.8. The number of carbonyl (C=O) groups excluding carboxylic acids is 2. The van der Waals surface area contributed by atoms with Gasteiger partial charge in [-0.05, 0) is 42.0 Å². The van der Waals surface area contributed by atoms with Gasteiger partial charge in [-0.2, -0.15) is 0 Å². The third-order valence-corrected chi connectivity index (χ3v) is 4.30. The van der Waals surface area contributed by atoms with Crippen LogP contribution in [0, 0.1) is 0 Å². The highest BCUT2D eigenvalue weighted by molar-refractivity contribution is 6.21. The number of para-hydroxylation sites is 2. The summed E-state index contributed by atoms with van der Waals surface area (Å²) in [5.41, 5.74) is 1.49. The molecule has 0 radical (unpaired) electrons. The lowest BCUT2D eigenvalue weighted by Crippen LogP contribution is -2.29. The van der Waals surface area contributed by atoms with Crippen molar-refractivity contribution in [1.82, 2.24) is 9.88 Å². The van der Waals surface area contributed by atoms with E-state index in [9.17, 15) is 9.59 Å². The summed E-state index contributed by atoms with van der Waals surface area (Å²) in [6.07, 6.45) is 3.28. The van der Waals surface area contributed by atoms with Crippen molar-refractivity contribution in [3.8, 4) is 17.2 Å². The van der Waals surface area contributed by atoms with E-state index in [-0.39, 0.29) is 18.4 Å². The molecule has 1 aliphatic rings. The molecule has 1 aliphatic heterocycles. The molecule has 0 unspecified atom stereocenters. The summed E-state index contributed by atoms with van der Waals surface area (Å²) in [5.74, 6) is 0.914. The van der Waals surface area contributed by atoms with Gasteiger partial charge in [0, 0.05) is 12.4 Å². The van der Waals surface area contributed by atoms with Crippen LogP contribution in [0.2, 0.25) is 0 Å². The van der Waals surface area contributed by atoms with Gasteiger partial charge in [-0.3, -0.25) is 19.5 Å². The molecule has 0 saturated carbocycles. The Bertz CT molecular complexity index is 1020. The second kappa shape index (κ2) is 6.92. The fraction of sp³-hybridized carbons (Fsp3) is 0.0952. The van der Waals surface area contributed by atoms with Gasteiger partial charge in [-0.15, -0.1) is 0 Å². The molecule has 2 heterocycles. The standard InChI is InChI=1S/C21H16N2O4/c1-26-18-6-2-3-7-19(18)27-15-8-9-16-17(11-15)21(25)23(20(16)24)13-14-5-4-10-22-12-14/h2-12H,13H2,1H3. The lowest BCUT2D eigenvalue weighted by Gasteiger charge is -2.13. The third kappa shape index (κ3) is 3.13. The van der Waals surface area contributed by atoms with E-state index in [0.29, 0.717) is 28.4 Å². The first-order chi connectivity index (χ1) is 13.2. The van der Waals surface area contributed by atoms with Crippen molar-refractivity contribution in [2.75, 3.05) is 7.11 Å². The number of aromatic nitrogens is 1. The zero-order valence-electron chi connectivity index (χ0n) is 14.6. The monoisotopic (exact) mass is 360 g/mol. The molecule has 4 rings (SSSR count). The highest BCUT2D eigenvalue weighted by Crippen LogP contribution is 2.34. The van der Waals surface area contributed by atoms with Crippen LogP contribution >= 0.6 is 0 Å². The Morgan fingerprint density at radius 2 is 1.70 bits per heavy atom. The molecule has 0 N–H and O–H groups in total. The molecule has 2 amide bonds. The van der Waals surface area contributed by atoms with Crippen LogP contribution in [0.3, 0.4) is 0 Å². The lowest BCUT2D eigenvalue weighted by molar-refractivity contribution is 0.0642. The molecule has 27 heavy (non-hydrogen) atoms. The number of imide groups is 1. The Hall–Kier alpha value is -3.67. The van der Waals surface area contributed by atoms with Crippen molar-refractivity contribution in [2.45, 2.75) is 6.54 Å². The number of fused-ring (bicyclic) bond motifs is 1. The molecule has 134 valence electrons. The Kier molecular flexibility index (Phi) is 4.30. The Morgan fingerprint density at radius 1 is 0.926 bits per heavy atom. The minimum Gasteiger partial charge on any atom is -0.493 e. The summed E-state index contributed by atoms with van der Waals surface area (Å²) in [7, 11) is 1.56. The fourth-order valence-corrected chi connectivity index (χ4v) is 2.98. The highest BCUT2D eigenvalue weighted by Gasteiger charge is 2.35. The number of ether oxygens (including phenoxy) is 2. The van der Waals surface area contributed by atoms with E-state index in [4.69, 9.17) is 9.47 Å². The second-order valence-corrected chi connectivity index (χ2v) is 6.02. The molecule has 0 saturated heterocycles. The lowest BCUT2D eigenvalue weighted by atomic mass is 10.1. The normalized spacial score (nSPS) is 12.9. The fourth-order valence-electron chi connectivity index (χ4n) is 2.98. The third-order valence-electron chi connectivity index (χ3n) is 4.30. The Labute approximate surface area is 156 Å². The van der Waals surface area contributed by atoms with Crippen molar-refractivity contribution in [3.63, 3.8) is 0 Å². The van der Waals surface area contributed by atoms with Crippen molar-refractivity contribution < 1.29 is 19.1 Å². The summed E-state index contributed by atoms with van der Waals surface area (Å²) in [5, 5.41) is 0. The van der Waals surface area contributed by atoms with E-state index in [0.717, 1.165) is 5.56 Å². The van der Waals surface area contributed by atoms with Gasteiger partial charge in [0.2, 0.25) is 0 Å². The molecule has 0 fully saturated rings. The molecular weight excluding hydrogens is 344 g/mol. The van der Waals surface area contributed by atoms with Crippen LogP contribution in [-0.4, -0.2) is 28.8 Å². The maximum absolute atomic E-state index is 12.7. The SMILES string of the molecule is COc1ccccc1Oc1ccc2c(c1)C(=O)N(Cc1cccnc1)C2=O. The summed E-state index contributed by atoms with van der Waals surface area (Å²) < 4.78 is 11.1. The quantitative estimate of drug-likeness (QED) is 0.649. The second-order valence-electron chi connectivity index (χ2n) is 6.02. The smallest absolute Gasteiger partial charge is 0.262 e. The average Bonchev–Trinajstić information content (AvgIpc) is 2.94. The molecule has 6 heteroatoms. The predicted molar refractivity (Wildman–Crippen MR) is 98.0 cm³/mol. The number of rotatable bonds is 5. The minimum absolute atomic E-state index is 0.183. The van der Waals surface area contributed by atoms with Gasteiger partial charge in [-0.25, -0.2) is 0 Å². The average molecular weight is 360 g/mol.